The van der Waals surface area contributed by atoms with Crippen molar-refractivity contribution in [2.24, 2.45) is 11.7 Å². The third-order valence-corrected chi connectivity index (χ3v) is 4.26. The highest BCUT2D eigenvalue weighted by molar-refractivity contribution is 7.90. The van der Waals surface area contributed by atoms with Crippen LogP contribution in [0.5, 0.6) is 0 Å². The van der Waals surface area contributed by atoms with Gasteiger partial charge in [-0.1, -0.05) is 0 Å². The number of likely N-dealkylation sites (tertiary alicyclic amines) is 1. The van der Waals surface area contributed by atoms with E-state index in [0.717, 1.165) is 25.9 Å². The Hall–Kier alpha value is 0.200. The smallest absolute Gasteiger partial charge is 0.330 e. The molecular formula is C9H20Cl2F3N3O2S. The maximum atomic E-state index is 12.0. The van der Waals surface area contributed by atoms with Gasteiger partial charge in [-0.25, -0.2) is 13.1 Å². The lowest BCUT2D eigenvalue weighted by Crippen LogP contribution is -2.43. The maximum Gasteiger partial charge on any atom is 0.511 e. The van der Waals surface area contributed by atoms with Gasteiger partial charge in [-0.2, -0.15) is 13.2 Å². The number of nitrogens with two attached hydrogens (primary N) is 1. The first-order valence-corrected chi connectivity index (χ1v) is 7.23. The van der Waals surface area contributed by atoms with Crippen LogP contribution in [0.2, 0.25) is 0 Å². The van der Waals surface area contributed by atoms with E-state index in [9.17, 15) is 21.6 Å². The van der Waals surface area contributed by atoms with E-state index in [1.807, 2.05) is 4.90 Å². The van der Waals surface area contributed by atoms with E-state index in [4.69, 9.17) is 5.73 Å². The summed E-state index contributed by atoms with van der Waals surface area (Å²) in [7, 11) is -5.21. The number of piperidine rings is 1. The van der Waals surface area contributed by atoms with Crippen LogP contribution in [-0.2, 0) is 10.0 Å². The molecule has 1 rings (SSSR count). The topological polar surface area (TPSA) is 75.4 Å². The fourth-order valence-corrected chi connectivity index (χ4v) is 2.39. The summed E-state index contributed by atoms with van der Waals surface area (Å²) < 4.78 is 59.0. The number of halogens is 5. The van der Waals surface area contributed by atoms with Gasteiger partial charge < -0.3 is 10.6 Å². The number of sulfonamides is 1. The van der Waals surface area contributed by atoms with Crippen LogP contribution in [0, 0.1) is 5.92 Å². The summed E-state index contributed by atoms with van der Waals surface area (Å²) in [5, 5.41) is 0. The molecule has 1 aliphatic rings. The Labute approximate surface area is 129 Å². The number of alkyl halides is 3. The molecule has 0 amide bonds. The lowest BCUT2D eigenvalue weighted by molar-refractivity contribution is -0.0448. The van der Waals surface area contributed by atoms with Crippen molar-refractivity contribution in [2.75, 3.05) is 32.7 Å². The van der Waals surface area contributed by atoms with Gasteiger partial charge in [-0.05, 0) is 38.4 Å². The van der Waals surface area contributed by atoms with Crippen molar-refractivity contribution in [2.45, 2.75) is 18.3 Å². The van der Waals surface area contributed by atoms with E-state index in [1.54, 1.807) is 4.72 Å². The Morgan fingerprint density at radius 1 is 1.20 bits per heavy atom. The Bertz CT molecular complexity index is 360. The van der Waals surface area contributed by atoms with Gasteiger partial charge in [-0.3, -0.25) is 0 Å². The van der Waals surface area contributed by atoms with Crippen molar-refractivity contribution in [3.8, 4) is 0 Å². The summed E-state index contributed by atoms with van der Waals surface area (Å²) in [6, 6.07) is 0. The second-order valence-corrected chi connectivity index (χ2v) is 6.12. The highest BCUT2D eigenvalue weighted by Gasteiger charge is 2.45. The van der Waals surface area contributed by atoms with Gasteiger partial charge in [0.05, 0.1) is 0 Å². The van der Waals surface area contributed by atoms with Crippen LogP contribution in [0.25, 0.3) is 0 Å². The number of hydrogen-bond donors (Lipinski definition) is 2. The number of rotatable bonds is 5. The average molecular weight is 362 g/mol. The highest BCUT2D eigenvalue weighted by atomic mass is 35.5. The fourth-order valence-electron chi connectivity index (χ4n) is 1.87. The Kier molecular flexibility index (Phi) is 10.4. The Morgan fingerprint density at radius 3 is 2.10 bits per heavy atom. The van der Waals surface area contributed by atoms with Crippen LogP contribution in [0.3, 0.4) is 0 Å². The minimum Gasteiger partial charge on any atom is -0.330 e. The van der Waals surface area contributed by atoms with Crippen molar-refractivity contribution in [3.63, 3.8) is 0 Å². The molecule has 0 aromatic rings. The van der Waals surface area contributed by atoms with E-state index >= 15 is 0 Å². The molecule has 1 heterocycles. The zero-order chi connectivity index (χ0) is 13.8. The van der Waals surface area contributed by atoms with Crippen molar-refractivity contribution in [1.29, 1.82) is 0 Å². The minimum atomic E-state index is -5.24. The molecular weight excluding hydrogens is 342 g/mol. The molecule has 0 aromatic carbocycles. The maximum absolute atomic E-state index is 12.0. The van der Waals surface area contributed by atoms with Crippen molar-refractivity contribution in [3.05, 3.63) is 0 Å². The minimum absolute atomic E-state index is 0. The van der Waals surface area contributed by atoms with Crippen LogP contribution in [0.4, 0.5) is 13.2 Å². The first-order chi connectivity index (χ1) is 8.26. The normalized spacial score (nSPS) is 18.2. The third kappa shape index (κ3) is 6.77. The van der Waals surface area contributed by atoms with Gasteiger partial charge in [0.2, 0.25) is 0 Å². The fraction of sp³-hybridized carbons (Fsp3) is 1.00. The molecule has 1 aliphatic heterocycles. The SMILES string of the molecule is Cl.Cl.NCC1CCN(CCNS(=O)(=O)C(F)(F)F)CC1. The number of hydrogen-bond acceptors (Lipinski definition) is 4. The van der Waals surface area contributed by atoms with Crippen LogP contribution in [-0.4, -0.2) is 51.5 Å². The largest absolute Gasteiger partial charge is 0.511 e. The summed E-state index contributed by atoms with van der Waals surface area (Å²) in [6.07, 6.45) is 1.81. The predicted molar refractivity (Wildman–Crippen MR) is 75.7 cm³/mol. The predicted octanol–water partition coefficient (Wildman–Crippen LogP) is 0.940. The van der Waals surface area contributed by atoms with Gasteiger partial charge >= 0.3 is 15.5 Å². The van der Waals surface area contributed by atoms with Crippen LogP contribution < -0.4 is 10.5 Å². The molecule has 0 spiro atoms. The second kappa shape index (κ2) is 9.26. The molecule has 0 saturated carbocycles. The van der Waals surface area contributed by atoms with E-state index in [-0.39, 0.29) is 37.9 Å². The molecule has 0 atom stereocenters. The first-order valence-electron chi connectivity index (χ1n) is 5.74. The van der Waals surface area contributed by atoms with Gasteiger partial charge in [0.25, 0.3) is 0 Å². The van der Waals surface area contributed by atoms with Gasteiger partial charge in [-0.15, -0.1) is 24.8 Å². The summed E-state index contributed by atoms with van der Waals surface area (Å²) in [4.78, 5) is 1.94. The molecule has 11 heteroatoms. The van der Waals surface area contributed by atoms with Crippen LogP contribution in [0.15, 0.2) is 0 Å². The first kappa shape index (κ1) is 22.5. The average Bonchev–Trinajstić information content (AvgIpc) is 2.28. The van der Waals surface area contributed by atoms with Crippen LogP contribution >= 0.6 is 24.8 Å². The standard InChI is InChI=1S/C9H18F3N3O2S.2ClH/c10-9(11,12)18(16,17)14-3-6-15-4-1-8(7-13)2-5-15;;/h8,14H,1-7,13H2;2*1H. The van der Waals surface area contributed by atoms with Crippen molar-refractivity contribution < 1.29 is 21.6 Å². The molecule has 0 bridgehead atoms. The van der Waals surface area contributed by atoms with Gasteiger partial charge in [0, 0.05) is 13.1 Å². The molecule has 5 nitrogen and oxygen atoms in total. The van der Waals surface area contributed by atoms with E-state index in [1.165, 1.54) is 0 Å². The summed E-state index contributed by atoms with van der Waals surface area (Å²) in [5.41, 5.74) is 0.282. The summed E-state index contributed by atoms with van der Waals surface area (Å²) in [5.74, 6) is 0.466. The highest BCUT2D eigenvalue weighted by Crippen LogP contribution is 2.21. The van der Waals surface area contributed by atoms with E-state index in [0.29, 0.717) is 12.5 Å². The van der Waals surface area contributed by atoms with E-state index in [2.05, 4.69) is 0 Å². The molecule has 0 unspecified atom stereocenters. The number of nitrogens with one attached hydrogen (secondary N) is 1. The van der Waals surface area contributed by atoms with Crippen molar-refractivity contribution in [1.82, 2.24) is 9.62 Å². The molecule has 0 aromatic heterocycles. The Balaban J connectivity index is 0. The lowest BCUT2D eigenvalue weighted by Gasteiger charge is -2.31. The zero-order valence-electron chi connectivity index (χ0n) is 10.7. The summed E-state index contributed by atoms with van der Waals surface area (Å²) in [6.45, 7) is 2.17. The molecule has 3 N–H and O–H groups in total. The van der Waals surface area contributed by atoms with Crippen LogP contribution in [0.1, 0.15) is 12.8 Å². The monoisotopic (exact) mass is 361 g/mol. The molecule has 1 saturated heterocycles. The quantitative estimate of drug-likeness (QED) is 0.763. The van der Waals surface area contributed by atoms with Gasteiger partial charge in [0.15, 0.2) is 0 Å². The molecule has 20 heavy (non-hydrogen) atoms. The lowest BCUT2D eigenvalue weighted by atomic mass is 9.97. The molecule has 124 valence electrons. The Morgan fingerprint density at radius 2 is 1.70 bits per heavy atom. The molecule has 0 radical (unpaired) electrons. The zero-order valence-corrected chi connectivity index (χ0v) is 13.2. The summed E-state index contributed by atoms with van der Waals surface area (Å²) >= 11 is 0. The second-order valence-electron chi connectivity index (χ2n) is 4.36. The third-order valence-electron chi connectivity index (χ3n) is 3.07. The van der Waals surface area contributed by atoms with Gasteiger partial charge in [0.1, 0.15) is 0 Å². The number of nitrogens with zero attached hydrogens (tertiary/aromatic N) is 1. The molecule has 0 aliphatic carbocycles. The molecule has 1 fully saturated rings. The van der Waals surface area contributed by atoms with E-state index < -0.39 is 15.5 Å². The van der Waals surface area contributed by atoms with Crippen molar-refractivity contribution >= 4 is 34.8 Å².